The summed E-state index contributed by atoms with van der Waals surface area (Å²) in [6.07, 6.45) is 2.04. The van der Waals surface area contributed by atoms with E-state index in [0.29, 0.717) is 11.5 Å². The van der Waals surface area contributed by atoms with Gasteiger partial charge < -0.3 is 25.1 Å². The fraction of sp³-hybridized carbons (Fsp3) is 0.500. The number of nitrogens with one attached hydrogen (secondary N) is 2. The zero-order valence-electron chi connectivity index (χ0n) is 25.9. The predicted octanol–water partition coefficient (Wildman–Crippen LogP) is 3.34. The van der Waals surface area contributed by atoms with E-state index in [1.165, 1.54) is 11.1 Å². The quantitative estimate of drug-likeness (QED) is 0.343. The highest BCUT2D eigenvalue weighted by atomic mass is 16.4. The molecule has 1 aliphatic rings. The molecule has 1 unspecified atom stereocenters. The Balaban J connectivity index is 1.61. The maximum absolute atomic E-state index is 14.1. The van der Waals surface area contributed by atoms with Crippen LogP contribution in [0, 0.1) is 11.8 Å². The SMILES string of the molecule is CC(C)[C@H](NC(=O)[C@@H]1Cc2ccccc2CN1C(=O)[C@@H](NC(=O)c1cccnc1)C(C)C)C(O)c1nnc(C(C)(C)C)o1. The molecule has 0 spiro atoms. The summed E-state index contributed by atoms with van der Waals surface area (Å²) in [5.41, 5.74) is 1.82. The van der Waals surface area contributed by atoms with Gasteiger partial charge in [-0.05, 0) is 35.1 Å². The van der Waals surface area contributed by atoms with Gasteiger partial charge in [-0.2, -0.15) is 0 Å². The van der Waals surface area contributed by atoms with Crippen LogP contribution < -0.4 is 10.6 Å². The molecule has 43 heavy (non-hydrogen) atoms. The topological polar surface area (TPSA) is 151 Å². The van der Waals surface area contributed by atoms with Gasteiger partial charge in [0, 0.05) is 30.8 Å². The van der Waals surface area contributed by atoms with Gasteiger partial charge in [-0.3, -0.25) is 19.4 Å². The molecular weight excluding hydrogens is 548 g/mol. The van der Waals surface area contributed by atoms with Crippen molar-refractivity contribution in [3.05, 3.63) is 77.3 Å². The van der Waals surface area contributed by atoms with Gasteiger partial charge in [0.05, 0.1) is 11.6 Å². The van der Waals surface area contributed by atoms with E-state index in [1.54, 1.807) is 18.3 Å². The van der Waals surface area contributed by atoms with Crippen molar-refractivity contribution in [2.45, 2.75) is 91.1 Å². The lowest BCUT2D eigenvalue weighted by Gasteiger charge is -2.39. The fourth-order valence-electron chi connectivity index (χ4n) is 5.08. The minimum absolute atomic E-state index is 0.0174. The van der Waals surface area contributed by atoms with Gasteiger partial charge in [0.1, 0.15) is 12.1 Å². The van der Waals surface area contributed by atoms with Crippen LogP contribution in [0.1, 0.15) is 87.8 Å². The molecule has 0 saturated heterocycles. The minimum atomic E-state index is -1.25. The Morgan fingerprint density at radius 2 is 1.67 bits per heavy atom. The highest BCUT2D eigenvalue weighted by Gasteiger charge is 2.41. The summed E-state index contributed by atoms with van der Waals surface area (Å²) < 4.78 is 5.77. The van der Waals surface area contributed by atoms with Crippen molar-refractivity contribution in [1.82, 2.24) is 30.7 Å². The van der Waals surface area contributed by atoms with Crippen molar-refractivity contribution in [2.75, 3.05) is 0 Å². The molecule has 2 aromatic heterocycles. The van der Waals surface area contributed by atoms with Crippen LogP contribution in [-0.2, 0) is 28.0 Å². The normalized spacial score (nSPS) is 17.3. The molecular formula is C32H42N6O5. The first-order valence-corrected chi connectivity index (χ1v) is 14.7. The number of benzene rings is 1. The Hall–Kier alpha value is -4.12. The summed E-state index contributed by atoms with van der Waals surface area (Å²) in [4.78, 5) is 46.7. The molecule has 0 fully saturated rings. The Kier molecular flexibility index (Phi) is 9.64. The molecule has 3 amide bonds. The van der Waals surface area contributed by atoms with Gasteiger partial charge in [-0.15, -0.1) is 10.2 Å². The number of hydrogen-bond acceptors (Lipinski definition) is 8. The first-order chi connectivity index (χ1) is 20.3. The molecule has 0 aliphatic carbocycles. The van der Waals surface area contributed by atoms with E-state index in [2.05, 4.69) is 25.8 Å². The Bertz CT molecular complexity index is 1430. The second-order valence-corrected chi connectivity index (χ2v) is 12.8. The molecule has 4 atom stereocenters. The molecule has 3 heterocycles. The van der Waals surface area contributed by atoms with Crippen LogP contribution >= 0.6 is 0 Å². The average Bonchev–Trinajstić information content (AvgIpc) is 3.48. The molecule has 4 rings (SSSR count). The number of hydrogen-bond donors (Lipinski definition) is 3. The van der Waals surface area contributed by atoms with Gasteiger partial charge in [0.25, 0.3) is 5.91 Å². The maximum Gasteiger partial charge on any atom is 0.253 e. The third-order valence-corrected chi connectivity index (χ3v) is 7.68. The van der Waals surface area contributed by atoms with Gasteiger partial charge in [0.15, 0.2) is 6.10 Å². The maximum atomic E-state index is 14.1. The van der Waals surface area contributed by atoms with Crippen LogP contribution in [-0.4, -0.2) is 61.0 Å². The van der Waals surface area contributed by atoms with Crippen LogP contribution in [0.15, 0.2) is 53.2 Å². The summed E-state index contributed by atoms with van der Waals surface area (Å²) in [7, 11) is 0. The summed E-state index contributed by atoms with van der Waals surface area (Å²) >= 11 is 0. The number of amides is 3. The molecule has 0 saturated carbocycles. The Morgan fingerprint density at radius 1 is 0.977 bits per heavy atom. The summed E-state index contributed by atoms with van der Waals surface area (Å²) in [5.74, 6) is -1.27. The van der Waals surface area contributed by atoms with E-state index in [-0.39, 0.29) is 36.6 Å². The van der Waals surface area contributed by atoms with Crippen molar-refractivity contribution >= 4 is 17.7 Å². The van der Waals surface area contributed by atoms with Crippen LogP contribution in [0.3, 0.4) is 0 Å². The lowest BCUT2D eigenvalue weighted by Crippen LogP contribution is -2.60. The number of aromatic nitrogens is 3. The highest BCUT2D eigenvalue weighted by Crippen LogP contribution is 2.28. The monoisotopic (exact) mass is 590 g/mol. The number of fused-ring (bicyclic) bond motifs is 1. The average molecular weight is 591 g/mol. The van der Waals surface area contributed by atoms with Crippen molar-refractivity contribution in [3.63, 3.8) is 0 Å². The van der Waals surface area contributed by atoms with Crippen molar-refractivity contribution in [2.24, 2.45) is 11.8 Å². The first-order valence-electron chi connectivity index (χ1n) is 14.7. The fourth-order valence-corrected chi connectivity index (χ4v) is 5.08. The highest BCUT2D eigenvalue weighted by molar-refractivity contribution is 5.98. The zero-order valence-corrected chi connectivity index (χ0v) is 25.9. The number of carbonyl (C=O) groups is 3. The Morgan fingerprint density at radius 3 is 2.26 bits per heavy atom. The van der Waals surface area contributed by atoms with E-state index in [9.17, 15) is 19.5 Å². The zero-order chi connectivity index (χ0) is 31.5. The first kappa shape index (κ1) is 31.8. The number of nitrogens with zero attached hydrogens (tertiary/aromatic N) is 4. The van der Waals surface area contributed by atoms with Crippen molar-refractivity contribution in [3.8, 4) is 0 Å². The Labute approximate surface area is 252 Å². The standard InChI is InChI=1S/C32H42N6O5/c1-18(2)24(26(39)29-36-37-31(43-29)32(5,6)7)34-28(41)23-15-20-11-8-9-12-22(20)17-38(23)30(42)25(19(3)4)35-27(40)21-13-10-14-33-16-21/h8-14,16,18-19,23-26,39H,15,17H2,1-7H3,(H,34,41)(H,35,40)/t23-,24-,25-,26?/m0/s1. The molecule has 230 valence electrons. The molecule has 3 aromatic rings. The van der Waals surface area contributed by atoms with Crippen LogP contribution in [0.4, 0.5) is 0 Å². The van der Waals surface area contributed by atoms with E-state index in [1.807, 2.05) is 72.7 Å². The van der Waals surface area contributed by atoms with Crippen molar-refractivity contribution in [1.29, 1.82) is 0 Å². The number of carbonyl (C=O) groups excluding carboxylic acids is 3. The molecule has 1 aliphatic heterocycles. The second kappa shape index (κ2) is 13.0. The van der Waals surface area contributed by atoms with Crippen LogP contribution in [0.5, 0.6) is 0 Å². The third kappa shape index (κ3) is 7.27. The molecule has 0 radical (unpaired) electrons. The van der Waals surface area contributed by atoms with E-state index in [4.69, 9.17) is 4.42 Å². The summed E-state index contributed by atoms with van der Waals surface area (Å²) in [5, 5.41) is 25.2. The number of aliphatic hydroxyl groups excluding tert-OH is 1. The van der Waals surface area contributed by atoms with E-state index in [0.717, 1.165) is 11.1 Å². The lowest BCUT2D eigenvalue weighted by atomic mass is 9.90. The van der Waals surface area contributed by atoms with Gasteiger partial charge in [-0.25, -0.2) is 0 Å². The lowest BCUT2D eigenvalue weighted by molar-refractivity contribution is -0.145. The smallest absolute Gasteiger partial charge is 0.253 e. The van der Waals surface area contributed by atoms with Crippen LogP contribution in [0.2, 0.25) is 0 Å². The summed E-state index contributed by atoms with van der Waals surface area (Å²) in [6.45, 7) is 13.4. The van der Waals surface area contributed by atoms with E-state index >= 15 is 0 Å². The van der Waals surface area contributed by atoms with E-state index < -0.39 is 41.5 Å². The number of aliphatic hydroxyl groups is 1. The molecule has 11 nitrogen and oxygen atoms in total. The van der Waals surface area contributed by atoms with Gasteiger partial charge in [0.2, 0.25) is 23.6 Å². The number of pyridine rings is 1. The van der Waals surface area contributed by atoms with Gasteiger partial charge >= 0.3 is 0 Å². The van der Waals surface area contributed by atoms with Crippen molar-refractivity contribution < 1.29 is 23.9 Å². The molecule has 11 heteroatoms. The number of rotatable bonds is 9. The minimum Gasteiger partial charge on any atom is -0.422 e. The molecule has 1 aromatic carbocycles. The summed E-state index contributed by atoms with van der Waals surface area (Å²) in [6, 6.07) is 8.44. The predicted molar refractivity (Wildman–Crippen MR) is 160 cm³/mol. The molecule has 0 bridgehead atoms. The van der Waals surface area contributed by atoms with Gasteiger partial charge in [-0.1, -0.05) is 72.7 Å². The third-order valence-electron chi connectivity index (χ3n) is 7.68. The largest absolute Gasteiger partial charge is 0.422 e. The second-order valence-electron chi connectivity index (χ2n) is 12.8. The van der Waals surface area contributed by atoms with Crippen LogP contribution in [0.25, 0.3) is 0 Å². The molecule has 3 N–H and O–H groups in total.